The van der Waals surface area contributed by atoms with Crippen LogP contribution in [0.15, 0.2) is 78.9 Å². The van der Waals surface area contributed by atoms with E-state index in [4.69, 9.17) is 10.5 Å². The molecule has 0 saturated carbocycles. The number of nitrogens with two attached hydrogens (primary N) is 1. The molecule has 0 aliphatic carbocycles. The number of benzene rings is 3. The lowest BCUT2D eigenvalue weighted by Gasteiger charge is -2.42. The highest BCUT2D eigenvalue weighted by Gasteiger charge is 2.33. The molecule has 3 N–H and O–H groups in total. The molecule has 0 radical (unpaired) electrons. The zero-order valence-electron chi connectivity index (χ0n) is 22.8. The molecule has 3 aromatic carbocycles. The second-order valence-electron chi connectivity index (χ2n) is 8.90. The molecular weight excluding hydrogens is 472 g/mol. The quantitative estimate of drug-likeness (QED) is 0.241. The van der Waals surface area contributed by atoms with Gasteiger partial charge in [-0.25, -0.2) is 0 Å². The summed E-state index contributed by atoms with van der Waals surface area (Å²) in [7, 11) is 1.62. The summed E-state index contributed by atoms with van der Waals surface area (Å²) in [6.07, 6.45) is 0.805. The zero-order chi connectivity index (χ0) is 27.3. The number of piperazine rings is 1. The van der Waals surface area contributed by atoms with Crippen LogP contribution in [0.1, 0.15) is 36.6 Å². The lowest BCUT2D eigenvalue weighted by Crippen LogP contribution is -2.52. The lowest BCUT2D eigenvalue weighted by molar-refractivity contribution is 0.210. The number of nitrogens with one attached hydrogen (secondary N) is 1. The molecule has 1 saturated heterocycles. The number of nitriles is 1. The second kappa shape index (κ2) is 14.8. The summed E-state index contributed by atoms with van der Waals surface area (Å²) in [5.74, 6) is 1.07. The number of methoxy groups -OCH3 is 1. The second-order valence-corrected chi connectivity index (χ2v) is 8.90. The molecule has 1 aliphatic heterocycles. The van der Waals surface area contributed by atoms with Gasteiger partial charge in [-0.1, -0.05) is 68.4 Å². The van der Waals surface area contributed by atoms with E-state index in [9.17, 15) is 10.7 Å². The molecule has 0 amide bonds. The smallest absolute Gasteiger partial charge is 0.125 e. The zero-order valence-corrected chi connectivity index (χ0v) is 22.8. The van der Waals surface area contributed by atoms with Crippen molar-refractivity contribution in [2.24, 2.45) is 5.73 Å². The van der Waals surface area contributed by atoms with Crippen LogP contribution in [0.2, 0.25) is 0 Å². The number of rotatable bonds is 9. The van der Waals surface area contributed by atoms with Crippen molar-refractivity contribution >= 4 is 11.5 Å². The highest BCUT2D eigenvalue weighted by Crippen LogP contribution is 2.33. The minimum absolute atomic E-state index is 0.255. The van der Waals surface area contributed by atoms with Gasteiger partial charge in [0.15, 0.2) is 0 Å². The Morgan fingerprint density at radius 1 is 1.00 bits per heavy atom. The first-order valence-electron chi connectivity index (χ1n) is 13.3. The third-order valence-corrected chi connectivity index (χ3v) is 6.79. The van der Waals surface area contributed by atoms with E-state index < -0.39 is 0 Å². The molecule has 1 unspecified atom stereocenters. The molecule has 1 aliphatic rings. The van der Waals surface area contributed by atoms with Crippen LogP contribution in [0.25, 0.3) is 0 Å². The Morgan fingerprint density at radius 3 is 2.21 bits per heavy atom. The minimum Gasteiger partial charge on any atom is -0.496 e. The largest absolute Gasteiger partial charge is 0.496 e. The van der Waals surface area contributed by atoms with E-state index in [0.717, 1.165) is 38.2 Å². The van der Waals surface area contributed by atoms with Gasteiger partial charge in [0.2, 0.25) is 0 Å². The Hall–Kier alpha value is -3.86. The Labute approximate surface area is 227 Å². The van der Waals surface area contributed by atoms with Gasteiger partial charge in [-0.3, -0.25) is 10.3 Å². The molecule has 7 nitrogen and oxygen atoms in total. The van der Waals surface area contributed by atoms with Crippen molar-refractivity contribution in [1.82, 2.24) is 9.80 Å². The van der Waals surface area contributed by atoms with E-state index in [1.54, 1.807) is 19.2 Å². The number of para-hydroxylation sites is 1. The van der Waals surface area contributed by atoms with E-state index in [0.29, 0.717) is 23.7 Å². The molecule has 0 spiro atoms. The van der Waals surface area contributed by atoms with Gasteiger partial charge in [0.05, 0.1) is 31.5 Å². The van der Waals surface area contributed by atoms with Crippen molar-refractivity contribution in [2.45, 2.75) is 26.3 Å². The van der Waals surface area contributed by atoms with Gasteiger partial charge in [0, 0.05) is 44.0 Å². The van der Waals surface area contributed by atoms with Gasteiger partial charge < -0.3 is 20.3 Å². The molecule has 0 aromatic heterocycles. The van der Waals surface area contributed by atoms with Crippen LogP contribution >= 0.6 is 0 Å². The highest BCUT2D eigenvalue weighted by atomic mass is 16.5. The Bertz CT molecular complexity index is 1170. The normalized spacial score (nSPS) is 14.0. The number of anilines is 1. The van der Waals surface area contributed by atoms with Crippen molar-refractivity contribution < 1.29 is 4.74 Å². The van der Waals surface area contributed by atoms with Gasteiger partial charge in [0.25, 0.3) is 0 Å². The van der Waals surface area contributed by atoms with Gasteiger partial charge in [0.1, 0.15) is 11.6 Å². The monoisotopic (exact) mass is 512 g/mol. The standard InChI is InChI=1S/C29H34N6O.C2H6/c1-36-27-20-24(21-30)12-13-26(27)28(29(32)35(22-31)15-14-23-8-4-2-5-9-23)34-18-16-33(17-19-34)25-10-6-3-7-11-25;1-2/h2-13,20,28,32H,14-19,22,31H2,1H3;1-2H3. The first-order chi connectivity index (χ1) is 18.6. The van der Waals surface area contributed by atoms with Crippen LogP contribution in [0, 0.1) is 16.7 Å². The predicted molar refractivity (Wildman–Crippen MR) is 156 cm³/mol. The summed E-state index contributed by atoms with van der Waals surface area (Å²) in [6, 6.07) is 28.0. The molecule has 4 rings (SSSR count). The van der Waals surface area contributed by atoms with Gasteiger partial charge in [-0.2, -0.15) is 5.26 Å². The summed E-state index contributed by atoms with van der Waals surface area (Å²) < 4.78 is 5.71. The SMILES string of the molecule is CC.COc1cc(C#N)ccc1C(C(=N)N(CN)CCc1ccccc1)N1CCN(c2ccccc2)CC1. The van der Waals surface area contributed by atoms with E-state index in [1.807, 2.05) is 49.1 Å². The van der Waals surface area contributed by atoms with Gasteiger partial charge >= 0.3 is 0 Å². The number of hydrogen-bond acceptors (Lipinski definition) is 6. The summed E-state index contributed by atoms with van der Waals surface area (Å²) in [6.45, 7) is 8.21. The lowest BCUT2D eigenvalue weighted by atomic mass is 9.99. The number of amidine groups is 1. The van der Waals surface area contributed by atoms with Crippen molar-refractivity contribution in [1.29, 1.82) is 10.7 Å². The van der Waals surface area contributed by atoms with Gasteiger partial charge in [-0.15, -0.1) is 0 Å². The fourth-order valence-corrected chi connectivity index (χ4v) is 4.79. The van der Waals surface area contributed by atoms with E-state index in [-0.39, 0.29) is 12.7 Å². The number of ether oxygens (including phenoxy) is 1. The topological polar surface area (TPSA) is 92.6 Å². The van der Waals surface area contributed by atoms with Crippen LogP contribution in [0.3, 0.4) is 0 Å². The number of nitrogens with zero attached hydrogens (tertiary/aromatic N) is 4. The molecule has 200 valence electrons. The third-order valence-electron chi connectivity index (χ3n) is 6.79. The van der Waals surface area contributed by atoms with Crippen LogP contribution < -0.4 is 15.4 Å². The third kappa shape index (κ3) is 7.12. The first-order valence-corrected chi connectivity index (χ1v) is 13.3. The van der Waals surface area contributed by atoms with Crippen LogP contribution in [0.5, 0.6) is 5.75 Å². The molecule has 7 heteroatoms. The number of hydrogen-bond donors (Lipinski definition) is 2. The maximum atomic E-state index is 9.40. The van der Waals surface area contributed by atoms with Gasteiger partial charge in [-0.05, 0) is 36.2 Å². The Balaban J connectivity index is 0.00000195. The van der Waals surface area contributed by atoms with Crippen molar-refractivity contribution in [2.75, 3.05) is 51.4 Å². The highest BCUT2D eigenvalue weighted by molar-refractivity contribution is 5.87. The molecule has 0 bridgehead atoms. The predicted octanol–water partition coefficient (Wildman–Crippen LogP) is 4.89. The van der Waals surface area contributed by atoms with Crippen molar-refractivity contribution in [3.8, 4) is 11.8 Å². The van der Waals surface area contributed by atoms with Crippen LogP contribution in [-0.4, -0.2) is 62.1 Å². The minimum atomic E-state index is -0.329. The van der Waals surface area contributed by atoms with E-state index in [2.05, 4.69) is 52.3 Å². The Kier molecular flexibility index (Phi) is 11.2. The molecule has 1 heterocycles. The summed E-state index contributed by atoms with van der Waals surface area (Å²) in [5, 5.41) is 18.7. The van der Waals surface area contributed by atoms with Crippen molar-refractivity contribution in [3.63, 3.8) is 0 Å². The molecule has 1 fully saturated rings. The maximum Gasteiger partial charge on any atom is 0.125 e. The van der Waals surface area contributed by atoms with Crippen LogP contribution in [0.4, 0.5) is 5.69 Å². The summed E-state index contributed by atoms with van der Waals surface area (Å²) in [4.78, 5) is 6.65. The van der Waals surface area contributed by atoms with Crippen LogP contribution in [-0.2, 0) is 6.42 Å². The fourth-order valence-electron chi connectivity index (χ4n) is 4.79. The molecule has 38 heavy (non-hydrogen) atoms. The molecule has 1 atom stereocenters. The average molecular weight is 513 g/mol. The maximum absolute atomic E-state index is 9.40. The fraction of sp³-hybridized carbons (Fsp3) is 0.355. The average Bonchev–Trinajstić information content (AvgIpc) is 3.00. The molecule has 3 aromatic rings. The van der Waals surface area contributed by atoms with Crippen molar-refractivity contribution in [3.05, 3.63) is 95.6 Å². The molecular formula is C31H40N6O. The van der Waals surface area contributed by atoms with E-state index >= 15 is 0 Å². The Morgan fingerprint density at radius 2 is 1.63 bits per heavy atom. The first kappa shape index (κ1) is 28.7. The van der Waals surface area contributed by atoms with E-state index in [1.165, 1.54) is 11.3 Å². The summed E-state index contributed by atoms with van der Waals surface area (Å²) >= 11 is 0. The summed E-state index contributed by atoms with van der Waals surface area (Å²) in [5.41, 5.74) is 10.0.